The van der Waals surface area contributed by atoms with E-state index in [9.17, 15) is 0 Å². The summed E-state index contributed by atoms with van der Waals surface area (Å²) < 4.78 is 11.8. The molecule has 0 spiro atoms. The molecule has 1 aliphatic heterocycles. The molecule has 0 amide bonds. The van der Waals surface area contributed by atoms with E-state index in [1.165, 1.54) is 11.1 Å². The number of allylic oxidation sites excluding steroid dienone is 1. The predicted molar refractivity (Wildman–Crippen MR) is 98.5 cm³/mol. The van der Waals surface area contributed by atoms with E-state index in [1.807, 2.05) is 18.2 Å². The molecule has 3 heteroatoms. The Hall–Kier alpha value is -2.68. The van der Waals surface area contributed by atoms with Crippen molar-refractivity contribution < 1.29 is 9.15 Å². The Bertz CT molecular complexity index is 903. The Morgan fingerprint density at radius 1 is 1.12 bits per heavy atom. The molecule has 0 atom stereocenters. The number of nitrogens with zero attached hydrogens (tertiary/aromatic N) is 1. The van der Waals surface area contributed by atoms with Gasteiger partial charge in [-0.2, -0.15) is 0 Å². The summed E-state index contributed by atoms with van der Waals surface area (Å²) in [6.45, 7) is 6.56. The summed E-state index contributed by atoms with van der Waals surface area (Å²) in [5.74, 6) is 1.93. The summed E-state index contributed by atoms with van der Waals surface area (Å²) in [6.07, 6.45) is 2.18. The van der Waals surface area contributed by atoms with Gasteiger partial charge in [-0.1, -0.05) is 29.8 Å². The minimum absolute atomic E-state index is 0.710. The number of fused-ring (bicyclic) bond motifs is 2. The maximum Gasteiger partial charge on any atom is 0.142 e. The van der Waals surface area contributed by atoms with E-state index in [4.69, 9.17) is 9.15 Å². The topological polar surface area (TPSA) is 25.6 Å². The predicted octanol–water partition coefficient (Wildman–Crippen LogP) is 5.26. The van der Waals surface area contributed by atoms with E-state index in [0.29, 0.717) is 6.61 Å². The van der Waals surface area contributed by atoms with Crippen molar-refractivity contribution in [1.82, 2.24) is 0 Å². The first-order valence-electron chi connectivity index (χ1n) is 8.33. The van der Waals surface area contributed by atoms with Crippen molar-refractivity contribution in [2.45, 2.75) is 20.4 Å². The van der Waals surface area contributed by atoms with Gasteiger partial charge in [0.25, 0.3) is 0 Å². The second kappa shape index (κ2) is 6.08. The van der Waals surface area contributed by atoms with E-state index in [2.05, 4.69) is 55.2 Å². The van der Waals surface area contributed by atoms with Crippen LogP contribution in [0.5, 0.6) is 5.75 Å². The summed E-state index contributed by atoms with van der Waals surface area (Å²) in [7, 11) is 0. The highest BCUT2D eigenvalue weighted by Crippen LogP contribution is 2.33. The lowest BCUT2D eigenvalue weighted by atomic mass is 10.1. The number of furan rings is 1. The zero-order valence-electron chi connectivity index (χ0n) is 14.1. The standard InChI is InChI=1S/C21H21NO2/c1-15(2)11-16-7-8-20-17(12-16)13-18(24-20)14-22-9-10-23-21-6-4-3-5-19(21)22/h3-8,11-13H,9-10,14H2,1-2H3. The van der Waals surface area contributed by atoms with Crippen molar-refractivity contribution >= 4 is 22.7 Å². The Morgan fingerprint density at radius 2 is 2.00 bits per heavy atom. The van der Waals surface area contributed by atoms with Crippen molar-refractivity contribution in [2.75, 3.05) is 18.1 Å². The molecule has 122 valence electrons. The molecule has 0 saturated carbocycles. The molecule has 3 nitrogen and oxygen atoms in total. The summed E-state index contributed by atoms with van der Waals surface area (Å²) >= 11 is 0. The molecule has 0 fully saturated rings. The maximum absolute atomic E-state index is 6.04. The number of ether oxygens (including phenoxy) is 1. The van der Waals surface area contributed by atoms with Crippen LogP contribution in [0.3, 0.4) is 0 Å². The fourth-order valence-electron chi connectivity index (χ4n) is 3.20. The molecule has 0 unspecified atom stereocenters. The number of hydrogen-bond acceptors (Lipinski definition) is 3. The third kappa shape index (κ3) is 2.90. The van der Waals surface area contributed by atoms with Gasteiger partial charge in [0.05, 0.1) is 18.8 Å². The first-order chi connectivity index (χ1) is 11.7. The average Bonchev–Trinajstić information content (AvgIpc) is 2.96. The molecule has 0 N–H and O–H groups in total. The van der Waals surface area contributed by atoms with Crippen LogP contribution in [0, 0.1) is 0 Å². The highest BCUT2D eigenvalue weighted by atomic mass is 16.5. The number of para-hydroxylation sites is 2. The molecule has 1 aliphatic rings. The SMILES string of the molecule is CC(C)=Cc1ccc2oc(CN3CCOc4ccccc43)cc2c1. The molecule has 0 bridgehead atoms. The molecule has 4 rings (SSSR count). The number of rotatable bonds is 3. The quantitative estimate of drug-likeness (QED) is 0.659. The Morgan fingerprint density at radius 3 is 2.88 bits per heavy atom. The highest BCUT2D eigenvalue weighted by molar-refractivity contribution is 5.81. The van der Waals surface area contributed by atoms with Gasteiger partial charge < -0.3 is 14.1 Å². The van der Waals surface area contributed by atoms with Gasteiger partial charge in [-0.25, -0.2) is 0 Å². The van der Waals surface area contributed by atoms with Gasteiger partial charge in [-0.3, -0.25) is 0 Å². The number of anilines is 1. The molecule has 24 heavy (non-hydrogen) atoms. The molecule has 2 aromatic carbocycles. The zero-order valence-corrected chi connectivity index (χ0v) is 14.1. The highest BCUT2D eigenvalue weighted by Gasteiger charge is 2.19. The largest absolute Gasteiger partial charge is 0.490 e. The first kappa shape index (κ1) is 14.9. The molecule has 0 aliphatic carbocycles. The van der Waals surface area contributed by atoms with Crippen molar-refractivity contribution in [3.05, 3.63) is 65.4 Å². The van der Waals surface area contributed by atoms with Crippen molar-refractivity contribution in [3.8, 4) is 5.75 Å². The van der Waals surface area contributed by atoms with Gasteiger partial charge in [0.15, 0.2) is 0 Å². The Balaban J connectivity index is 1.63. The monoisotopic (exact) mass is 319 g/mol. The van der Waals surface area contributed by atoms with Crippen LogP contribution in [0.1, 0.15) is 25.2 Å². The summed E-state index contributed by atoms with van der Waals surface area (Å²) in [4.78, 5) is 2.31. The normalized spacial score (nSPS) is 13.5. The van der Waals surface area contributed by atoms with Crippen LogP contribution in [0.15, 0.2) is 58.5 Å². The van der Waals surface area contributed by atoms with Crippen LogP contribution < -0.4 is 9.64 Å². The minimum Gasteiger partial charge on any atom is -0.490 e. The van der Waals surface area contributed by atoms with E-state index in [1.54, 1.807) is 0 Å². The Labute approximate surface area is 142 Å². The summed E-state index contributed by atoms with van der Waals surface area (Å²) in [5, 5.41) is 1.15. The third-order valence-corrected chi connectivity index (χ3v) is 4.22. The molecular formula is C21H21NO2. The first-order valence-corrected chi connectivity index (χ1v) is 8.33. The molecule has 2 heterocycles. The van der Waals surface area contributed by atoms with Crippen LogP contribution in [0.25, 0.3) is 17.0 Å². The number of hydrogen-bond donors (Lipinski definition) is 0. The van der Waals surface area contributed by atoms with Gasteiger partial charge in [-0.05, 0) is 49.7 Å². The second-order valence-corrected chi connectivity index (χ2v) is 6.47. The van der Waals surface area contributed by atoms with Crippen LogP contribution >= 0.6 is 0 Å². The average molecular weight is 319 g/mol. The van der Waals surface area contributed by atoms with Crippen LogP contribution in [0.4, 0.5) is 5.69 Å². The lowest BCUT2D eigenvalue weighted by Crippen LogP contribution is -2.31. The molecular weight excluding hydrogens is 298 g/mol. The third-order valence-electron chi connectivity index (χ3n) is 4.22. The van der Waals surface area contributed by atoms with Crippen LogP contribution in [-0.2, 0) is 6.54 Å². The minimum atomic E-state index is 0.710. The van der Waals surface area contributed by atoms with Gasteiger partial charge >= 0.3 is 0 Å². The van der Waals surface area contributed by atoms with Crippen molar-refractivity contribution in [2.24, 2.45) is 0 Å². The fraction of sp³-hybridized carbons (Fsp3) is 0.238. The molecule has 1 aromatic heterocycles. The lowest BCUT2D eigenvalue weighted by molar-refractivity contribution is 0.305. The van der Waals surface area contributed by atoms with Crippen LogP contribution in [-0.4, -0.2) is 13.2 Å². The molecule has 0 radical (unpaired) electrons. The van der Waals surface area contributed by atoms with Crippen LogP contribution in [0.2, 0.25) is 0 Å². The Kier molecular flexibility index (Phi) is 3.77. The van der Waals surface area contributed by atoms with Gasteiger partial charge in [0.1, 0.15) is 23.7 Å². The molecule has 0 saturated heterocycles. The van der Waals surface area contributed by atoms with E-state index >= 15 is 0 Å². The second-order valence-electron chi connectivity index (χ2n) is 6.47. The fourth-order valence-corrected chi connectivity index (χ4v) is 3.20. The van der Waals surface area contributed by atoms with Gasteiger partial charge in [0, 0.05) is 5.39 Å². The van der Waals surface area contributed by atoms with E-state index < -0.39 is 0 Å². The lowest BCUT2D eigenvalue weighted by Gasteiger charge is -2.30. The van der Waals surface area contributed by atoms with Gasteiger partial charge in [-0.15, -0.1) is 0 Å². The van der Waals surface area contributed by atoms with Gasteiger partial charge in [0.2, 0.25) is 0 Å². The van der Waals surface area contributed by atoms with E-state index in [0.717, 1.165) is 41.3 Å². The summed E-state index contributed by atoms with van der Waals surface area (Å²) in [6, 6.07) is 16.7. The smallest absolute Gasteiger partial charge is 0.142 e. The maximum atomic E-state index is 6.04. The van der Waals surface area contributed by atoms with E-state index in [-0.39, 0.29) is 0 Å². The van der Waals surface area contributed by atoms with Crippen molar-refractivity contribution in [1.29, 1.82) is 0 Å². The number of benzene rings is 2. The summed E-state index contributed by atoms with van der Waals surface area (Å²) in [5.41, 5.74) is 4.58. The van der Waals surface area contributed by atoms with Crippen molar-refractivity contribution in [3.63, 3.8) is 0 Å². The zero-order chi connectivity index (χ0) is 16.5. The molecule has 3 aromatic rings.